The van der Waals surface area contributed by atoms with Crippen LogP contribution in [-0.4, -0.2) is 10.3 Å². The topological polar surface area (TPSA) is 46.3 Å². The maximum Gasteiger partial charge on any atom is 0.167 e. The minimum Gasteiger partial charge on any atom is -0.508 e. The van der Waals surface area contributed by atoms with Crippen LogP contribution in [0.15, 0.2) is 28.8 Å². The first-order chi connectivity index (χ1) is 7.58. The van der Waals surface area contributed by atoms with E-state index in [-0.39, 0.29) is 0 Å². The second-order valence-electron chi connectivity index (χ2n) is 4.26. The van der Waals surface area contributed by atoms with Crippen molar-refractivity contribution < 1.29 is 9.63 Å². The zero-order valence-corrected chi connectivity index (χ0v) is 9.69. The zero-order valence-electron chi connectivity index (χ0n) is 9.69. The third kappa shape index (κ3) is 1.94. The fraction of sp³-hybridized carbons (Fsp3) is 0.308. The normalized spacial score (nSPS) is 11.0. The quantitative estimate of drug-likeness (QED) is 0.837. The van der Waals surface area contributed by atoms with Gasteiger partial charge in [0.1, 0.15) is 5.75 Å². The molecule has 0 bridgehead atoms. The van der Waals surface area contributed by atoms with E-state index < -0.39 is 0 Å². The van der Waals surface area contributed by atoms with E-state index in [9.17, 15) is 5.11 Å². The zero-order chi connectivity index (χ0) is 11.7. The monoisotopic (exact) mass is 217 g/mol. The summed E-state index contributed by atoms with van der Waals surface area (Å²) < 4.78 is 5.14. The molecule has 1 aromatic carbocycles. The Hall–Kier alpha value is -1.77. The summed E-state index contributed by atoms with van der Waals surface area (Å²) in [5.41, 5.74) is 2.63. The summed E-state index contributed by atoms with van der Waals surface area (Å²) in [5, 5.41) is 13.7. The van der Waals surface area contributed by atoms with Crippen LogP contribution in [0.2, 0.25) is 0 Å². The molecule has 1 heterocycles. The lowest BCUT2D eigenvalue weighted by Crippen LogP contribution is -1.88. The van der Waals surface area contributed by atoms with Crippen molar-refractivity contribution in [2.75, 3.05) is 0 Å². The Bertz CT molecular complexity index is 500. The molecule has 0 aliphatic heterocycles. The van der Waals surface area contributed by atoms with Crippen LogP contribution in [0, 0.1) is 6.92 Å². The highest BCUT2D eigenvalue weighted by atomic mass is 16.5. The van der Waals surface area contributed by atoms with Crippen molar-refractivity contribution >= 4 is 0 Å². The molecule has 84 valence electrons. The van der Waals surface area contributed by atoms with E-state index >= 15 is 0 Å². The maximum atomic E-state index is 9.87. The lowest BCUT2D eigenvalue weighted by molar-refractivity contribution is 0.426. The van der Waals surface area contributed by atoms with Crippen molar-refractivity contribution in [3.8, 4) is 17.1 Å². The summed E-state index contributed by atoms with van der Waals surface area (Å²) in [4.78, 5) is 0. The van der Waals surface area contributed by atoms with Crippen LogP contribution in [0.25, 0.3) is 11.3 Å². The van der Waals surface area contributed by atoms with E-state index in [1.165, 1.54) is 0 Å². The van der Waals surface area contributed by atoms with Crippen molar-refractivity contribution in [2.45, 2.75) is 26.7 Å². The van der Waals surface area contributed by atoms with Gasteiger partial charge in [0.15, 0.2) is 5.76 Å². The van der Waals surface area contributed by atoms with E-state index in [2.05, 4.69) is 5.16 Å². The van der Waals surface area contributed by atoms with E-state index in [1.54, 1.807) is 6.07 Å². The van der Waals surface area contributed by atoms with Gasteiger partial charge in [0.25, 0.3) is 0 Å². The molecule has 2 rings (SSSR count). The van der Waals surface area contributed by atoms with E-state index in [0.717, 1.165) is 16.8 Å². The number of aryl methyl sites for hydroxylation is 1. The summed E-state index contributed by atoms with van der Waals surface area (Å²) in [6, 6.07) is 7.43. The highest BCUT2D eigenvalue weighted by Crippen LogP contribution is 2.30. The number of phenols is 1. The molecule has 0 radical (unpaired) electrons. The van der Waals surface area contributed by atoms with Crippen LogP contribution in [0.1, 0.15) is 31.0 Å². The SMILES string of the molecule is Cc1cc(-c2ccc(C(C)C)c(O)c2)on1. The first-order valence-electron chi connectivity index (χ1n) is 5.34. The first kappa shape index (κ1) is 10.7. The fourth-order valence-corrected chi connectivity index (χ4v) is 1.68. The van der Waals surface area contributed by atoms with Gasteiger partial charge in [-0.05, 0) is 24.5 Å². The van der Waals surface area contributed by atoms with E-state index in [0.29, 0.717) is 17.4 Å². The van der Waals surface area contributed by atoms with Gasteiger partial charge >= 0.3 is 0 Å². The predicted molar refractivity (Wildman–Crippen MR) is 62.4 cm³/mol. The molecule has 1 N–H and O–H groups in total. The second-order valence-corrected chi connectivity index (χ2v) is 4.26. The predicted octanol–water partition coefficient (Wildman–Crippen LogP) is 3.48. The first-order valence-corrected chi connectivity index (χ1v) is 5.34. The van der Waals surface area contributed by atoms with E-state index in [1.807, 2.05) is 39.0 Å². The second kappa shape index (κ2) is 4.00. The van der Waals surface area contributed by atoms with Crippen molar-refractivity contribution in [3.05, 3.63) is 35.5 Å². The number of nitrogens with zero attached hydrogens (tertiary/aromatic N) is 1. The minimum absolute atomic E-state index is 0.307. The molecular weight excluding hydrogens is 202 g/mol. The number of aromatic nitrogens is 1. The molecule has 0 atom stereocenters. The van der Waals surface area contributed by atoms with E-state index in [4.69, 9.17) is 4.52 Å². The smallest absolute Gasteiger partial charge is 0.167 e. The molecular formula is C13H15NO2. The van der Waals surface area contributed by atoms with Gasteiger partial charge in [-0.3, -0.25) is 0 Å². The highest BCUT2D eigenvalue weighted by molar-refractivity contribution is 5.61. The third-order valence-electron chi connectivity index (χ3n) is 2.56. The van der Waals surface area contributed by atoms with Crippen LogP contribution in [-0.2, 0) is 0 Å². The number of benzene rings is 1. The Morgan fingerprint density at radius 3 is 2.50 bits per heavy atom. The molecule has 2 aromatic rings. The molecule has 1 aromatic heterocycles. The molecule has 0 aliphatic carbocycles. The molecule has 16 heavy (non-hydrogen) atoms. The number of hydrogen-bond donors (Lipinski definition) is 1. The Morgan fingerprint density at radius 2 is 2.00 bits per heavy atom. The van der Waals surface area contributed by atoms with Gasteiger partial charge in [-0.25, -0.2) is 0 Å². The third-order valence-corrected chi connectivity index (χ3v) is 2.56. The fourth-order valence-electron chi connectivity index (χ4n) is 1.68. The van der Waals surface area contributed by atoms with Crippen molar-refractivity contribution in [1.82, 2.24) is 5.16 Å². The molecule has 0 amide bonds. The number of rotatable bonds is 2. The molecule has 0 spiro atoms. The Balaban J connectivity index is 2.42. The van der Waals surface area contributed by atoms with Crippen molar-refractivity contribution in [3.63, 3.8) is 0 Å². The van der Waals surface area contributed by atoms with Gasteiger partial charge in [-0.15, -0.1) is 0 Å². The number of phenolic OH excluding ortho intramolecular Hbond substituents is 1. The van der Waals surface area contributed by atoms with Crippen LogP contribution < -0.4 is 0 Å². The number of aromatic hydroxyl groups is 1. The average Bonchev–Trinajstić information content (AvgIpc) is 2.64. The number of hydrogen-bond acceptors (Lipinski definition) is 3. The average molecular weight is 217 g/mol. The highest BCUT2D eigenvalue weighted by Gasteiger charge is 2.09. The van der Waals surface area contributed by atoms with Crippen LogP contribution in [0.4, 0.5) is 0 Å². The largest absolute Gasteiger partial charge is 0.508 e. The molecule has 3 nitrogen and oxygen atoms in total. The van der Waals surface area contributed by atoms with Crippen LogP contribution >= 0.6 is 0 Å². The molecule has 0 saturated carbocycles. The van der Waals surface area contributed by atoms with Crippen molar-refractivity contribution in [2.24, 2.45) is 0 Å². The summed E-state index contributed by atoms with van der Waals surface area (Å²) in [6.45, 7) is 5.97. The Labute approximate surface area is 94.7 Å². The molecule has 0 fully saturated rings. The summed E-state index contributed by atoms with van der Waals surface area (Å²) in [5.74, 6) is 1.30. The van der Waals surface area contributed by atoms with Crippen LogP contribution in [0.5, 0.6) is 5.75 Å². The molecule has 0 aliphatic rings. The Morgan fingerprint density at radius 1 is 1.25 bits per heavy atom. The summed E-state index contributed by atoms with van der Waals surface area (Å²) in [6.07, 6.45) is 0. The van der Waals surface area contributed by atoms with Gasteiger partial charge in [0, 0.05) is 11.6 Å². The van der Waals surface area contributed by atoms with Crippen molar-refractivity contribution in [1.29, 1.82) is 0 Å². The molecule has 3 heteroatoms. The van der Waals surface area contributed by atoms with Crippen LogP contribution in [0.3, 0.4) is 0 Å². The maximum absolute atomic E-state index is 9.87. The standard InChI is InChI=1S/C13H15NO2/c1-8(2)11-5-4-10(7-12(11)15)13-6-9(3)14-16-13/h4-8,15H,1-3H3. The minimum atomic E-state index is 0.307. The molecule has 0 saturated heterocycles. The van der Waals surface area contributed by atoms with Gasteiger partial charge in [0.05, 0.1) is 5.69 Å². The summed E-state index contributed by atoms with van der Waals surface area (Å²) >= 11 is 0. The van der Waals surface area contributed by atoms with Gasteiger partial charge in [0.2, 0.25) is 0 Å². The van der Waals surface area contributed by atoms with Gasteiger partial charge < -0.3 is 9.63 Å². The van der Waals surface area contributed by atoms with Gasteiger partial charge in [-0.2, -0.15) is 0 Å². The van der Waals surface area contributed by atoms with Gasteiger partial charge in [-0.1, -0.05) is 31.1 Å². The lowest BCUT2D eigenvalue weighted by atomic mass is 9.99. The Kier molecular flexibility index (Phi) is 2.69. The summed E-state index contributed by atoms with van der Waals surface area (Å²) in [7, 11) is 0. The lowest BCUT2D eigenvalue weighted by Gasteiger charge is -2.08. The molecule has 0 unspecified atom stereocenters.